The molecule has 0 aliphatic carbocycles. The summed E-state index contributed by atoms with van der Waals surface area (Å²) in [5, 5.41) is 9.15. The minimum absolute atomic E-state index is 0.158. The molecule has 0 aliphatic rings. The largest absolute Gasteiger partial charge is 0.508 e. The van der Waals surface area contributed by atoms with Gasteiger partial charge in [-0.1, -0.05) is 29.8 Å². The minimum atomic E-state index is -3.50. The maximum Gasteiger partial charge on any atom is 0.240 e. The van der Waals surface area contributed by atoms with E-state index in [0.717, 1.165) is 11.1 Å². The van der Waals surface area contributed by atoms with Crippen molar-refractivity contribution in [2.45, 2.75) is 18.4 Å². The van der Waals surface area contributed by atoms with E-state index in [1.54, 1.807) is 36.4 Å². The van der Waals surface area contributed by atoms with Crippen molar-refractivity contribution in [3.05, 3.63) is 59.7 Å². The van der Waals surface area contributed by atoms with Gasteiger partial charge in [-0.05, 0) is 36.8 Å². The molecule has 0 radical (unpaired) electrons. The SMILES string of the molecule is Cc1ccc(S(=O)(=O)NCc2ccc(O)cc2)cc1. The molecule has 0 bridgehead atoms. The van der Waals surface area contributed by atoms with Crippen LogP contribution in [0.1, 0.15) is 11.1 Å². The lowest BCUT2D eigenvalue weighted by atomic mass is 10.2. The number of nitrogens with one attached hydrogen (secondary N) is 1. The van der Waals surface area contributed by atoms with Gasteiger partial charge < -0.3 is 5.11 Å². The van der Waals surface area contributed by atoms with Gasteiger partial charge in [-0.2, -0.15) is 0 Å². The quantitative estimate of drug-likeness (QED) is 0.900. The van der Waals surface area contributed by atoms with Gasteiger partial charge in [0.05, 0.1) is 4.90 Å². The highest BCUT2D eigenvalue weighted by molar-refractivity contribution is 7.89. The van der Waals surface area contributed by atoms with Crippen LogP contribution in [0.25, 0.3) is 0 Å². The van der Waals surface area contributed by atoms with Crippen LogP contribution in [0.4, 0.5) is 0 Å². The molecule has 0 aromatic heterocycles. The molecular weight excluding hydrogens is 262 g/mol. The average Bonchev–Trinajstić information content (AvgIpc) is 2.39. The van der Waals surface area contributed by atoms with Crippen molar-refractivity contribution in [2.24, 2.45) is 0 Å². The van der Waals surface area contributed by atoms with Crippen LogP contribution >= 0.6 is 0 Å². The fourth-order valence-electron chi connectivity index (χ4n) is 1.59. The fourth-order valence-corrected chi connectivity index (χ4v) is 2.61. The van der Waals surface area contributed by atoms with Gasteiger partial charge in [0.1, 0.15) is 5.75 Å². The Morgan fingerprint density at radius 2 is 1.58 bits per heavy atom. The zero-order valence-corrected chi connectivity index (χ0v) is 11.3. The second-order valence-corrected chi connectivity index (χ2v) is 6.07. The molecule has 0 aliphatic heterocycles. The van der Waals surface area contributed by atoms with Crippen molar-refractivity contribution in [2.75, 3.05) is 0 Å². The van der Waals surface area contributed by atoms with Crippen molar-refractivity contribution in [1.29, 1.82) is 0 Å². The third-order valence-electron chi connectivity index (χ3n) is 2.73. The van der Waals surface area contributed by atoms with Crippen LogP contribution < -0.4 is 4.72 Å². The number of hydrogen-bond donors (Lipinski definition) is 2. The van der Waals surface area contributed by atoms with E-state index in [-0.39, 0.29) is 17.2 Å². The number of phenolic OH excluding ortho intramolecular Hbond substituents is 1. The number of sulfonamides is 1. The lowest BCUT2D eigenvalue weighted by molar-refractivity contribution is 0.475. The molecule has 2 aromatic carbocycles. The Balaban J connectivity index is 2.09. The van der Waals surface area contributed by atoms with Crippen LogP contribution in [0.15, 0.2) is 53.4 Å². The molecule has 0 heterocycles. The molecular formula is C14H15NO3S. The van der Waals surface area contributed by atoms with Crippen LogP contribution in [-0.2, 0) is 16.6 Å². The van der Waals surface area contributed by atoms with Crippen molar-refractivity contribution < 1.29 is 13.5 Å². The van der Waals surface area contributed by atoms with Gasteiger partial charge in [0.2, 0.25) is 10.0 Å². The average molecular weight is 277 g/mol. The molecule has 4 nitrogen and oxygen atoms in total. The number of phenols is 1. The Morgan fingerprint density at radius 3 is 2.16 bits per heavy atom. The van der Waals surface area contributed by atoms with E-state index < -0.39 is 10.0 Å². The molecule has 0 spiro atoms. The standard InChI is InChI=1S/C14H15NO3S/c1-11-2-8-14(9-3-11)19(17,18)15-10-12-4-6-13(16)7-5-12/h2-9,15-16H,10H2,1H3. The van der Waals surface area contributed by atoms with E-state index in [9.17, 15) is 8.42 Å². The maximum absolute atomic E-state index is 12.0. The highest BCUT2D eigenvalue weighted by atomic mass is 32.2. The number of hydrogen-bond acceptors (Lipinski definition) is 3. The number of benzene rings is 2. The van der Waals surface area contributed by atoms with Crippen LogP contribution in [0.3, 0.4) is 0 Å². The van der Waals surface area contributed by atoms with Gasteiger partial charge in [-0.25, -0.2) is 13.1 Å². The van der Waals surface area contributed by atoms with Crippen LogP contribution in [0.5, 0.6) is 5.75 Å². The molecule has 2 N–H and O–H groups in total. The third kappa shape index (κ3) is 3.56. The molecule has 0 amide bonds. The highest BCUT2D eigenvalue weighted by Crippen LogP contribution is 2.12. The van der Waals surface area contributed by atoms with Gasteiger partial charge >= 0.3 is 0 Å². The van der Waals surface area contributed by atoms with Crippen molar-refractivity contribution in [3.63, 3.8) is 0 Å². The monoisotopic (exact) mass is 277 g/mol. The number of rotatable bonds is 4. The van der Waals surface area contributed by atoms with E-state index in [1.165, 1.54) is 12.1 Å². The van der Waals surface area contributed by atoms with Crippen molar-refractivity contribution in [1.82, 2.24) is 4.72 Å². The van der Waals surface area contributed by atoms with Gasteiger partial charge in [0.15, 0.2) is 0 Å². The molecule has 0 atom stereocenters. The van der Waals surface area contributed by atoms with Gasteiger partial charge in [0, 0.05) is 6.54 Å². The smallest absolute Gasteiger partial charge is 0.240 e. The molecule has 0 saturated carbocycles. The second kappa shape index (κ2) is 5.42. The zero-order valence-electron chi connectivity index (χ0n) is 10.5. The predicted octanol–water partition coefficient (Wildman–Crippen LogP) is 2.18. The fraction of sp³-hybridized carbons (Fsp3) is 0.143. The summed E-state index contributed by atoms with van der Waals surface area (Å²) >= 11 is 0. The number of aryl methyl sites for hydroxylation is 1. The van der Waals surface area contributed by atoms with E-state index >= 15 is 0 Å². The van der Waals surface area contributed by atoms with Crippen molar-refractivity contribution in [3.8, 4) is 5.75 Å². The Bertz CT molecular complexity index is 646. The van der Waals surface area contributed by atoms with Gasteiger partial charge in [-0.3, -0.25) is 0 Å². The summed E-state index contributed by atoms with van der Waals surface area (Å²) in [6.45, 7) is 2.09. The first-order valence-electron chi connectivity index (χ1n) is 5.82. The normalized spacial score (nSPS) is 11.4. The van der Waals surface area contributed by atoms with Crippen LogP contribution in [0, 0.1) is 6.92 Å². The first-order chi connectivity index (χ1) is 8.97. The lowest BCUT2D eigenvalue weighted by Crippen LogP contribution is -2.23. The Morgan fingerprint density at radius 1 is 1.00 bits per heavy atom. The Hall–Kier alpha value is -1.85. The molecule has 2 rings (SSSR count). The topological polar surface area (TPSA) is 66.4 Å². The van der Waals surface area contributed by atoms with Gasteiger partial charge in [0.25, 0.3) is 0 Å². The summed E-state index contributed by atoms with van der Waals surface area (Å²) in [6.07, 6.45) is 0. The minimum Gasteiger partial charge on any atom is -0.508 e. The zero-order chi connectivity index (χ0) is 13.9. The molecule has 19 heavy (non-hydrogen) atoms. The molecule has 5 heteroatoms. The third-order valence-corrected chi connectivity index (χ3v) is 4.15. The summed E-state index contributed by atoms with van der Waals surface area (Å²) < 4.78 is 26.6. The molecule has 100 valence electrons. The van der Waals surface area contributed by atoms with E-state index in [0.29, 0.717) is 0 Å². The van der Waals surface area contributed by atoms with E-state index in [2.05, 4.69) is 4.72 Å². The first-order valence-corrected chi connectivity index (χ1v) is 7.30. The summed E-state index contributed by atoms with van der Waals surface area (Å²) in [4.78, 5) is 0.247. The van der Waals surface area contributed by atoms with Crippen LogP contribution in [0.2, 0.25) is 0 Å². The Kier molecular flexibility index (Phi) is 3.87. The number of aromatic hydroxyl groups is 1. The first kappa shape index (κ1) is 13.6. The highest BCUT2D eigenvalue weighted by Gasteiger charge is 2.12. The summed E-state index contributed by atoms with van der Waals surface area (Å²) in [7, 11) is -3.50. The van der Waals surface area contributed by atoms with E-state index in [1.807, 2.05) is 6.92 Å². The second-order valence-electron chi connectivity index (χ2n) is 4.30. The maximum atomic E-state index is 12.0. The summed E-state index contributed by atoms with van der Waals surface area (Å²) in [5.41, 5.74) is 1.80. The summed E-state index contributed by atoms with van der Waals surface area (Å²) in [6, 6.07) is 13.1. The predicted molar refractivity (Wildman–Crippen MR) is 73.3 cm³/mol. The van der Waals surface area contributed by atoms with E-state index in [4.69, 9.17) is 5.11 Å². The molecule has 0 saturated heterocycles. The molecule has 0 unspecified atom stereocenters. The lowest BCUT2D eigenvalue weighted by Gasteiger charge is -2.07. The van der Waals surface area contributed by atoms with Crippen LogP contribution in [-0.4, -0.2) is 13.5 Å². The molecule has 0 fully saturated rings. The van der Waals surface area contributed by atoms with Crippen molar-refractivity contribution >= 4 is 10.0 Å². The molecule has 2 aromatic rings. The summed E-state index contributed by atoms with van der Waals surface area (Å²) in [5.74, 6) is 0.158. The Labute approximate surface area is 112 Å². The van der Waals surface area contributed by atoms with Gasteiger partial charge in [-0.15, -0.1) is 0 Å².